The largest absolute Gasteiger partial charge is 0.465 e. The monoisotopic (exact) mass is 252 g/mol. The molecule has 2 N–H and O–H groups in total. The van der Waals surface area contributed by atoms with Crippen LogP contribution in [-0.4, -0.2) is 32.2 Å². The highest BCUT2D eigenvalue weighted by atomic mass is 19.1. The van der Waals surface area contributed by atoms with Gasteiger partial charge in [-0.2, -0.15) is 0 Å². The van der Waals surface area contributed by atoms with Crippen LogP contribution in [0.2, 0.25) is 0 Å². The number of benzene rings is 1. The summed E-state index contributed by atoms with van der Waals surface area (Å²) >= 11 is 0. The third-order valence-electron chi connectivity index (χ3n) is 3.09. The lowest BCUT2D eigenvalue weighted by atomic mass is 10.1. The minimum absolute atomic E-state index is 0.261. The van der Waals surface area contributed by atoms with Crippen LogP contribution in [-0.2, 0) is 4.74 Å². The molecule has 1 saturated heterocycles. The van der Waals surface area contributed by atoms with Crippen molar-refractivity contribution in [3.8, 4) is 0 Å². The Balaban J connectivity index is 2.18. The number of methoxy groups -OCH3 is 1. The number of carbonyl (C=O) groups excluding carboxylic acids is 1. The van der Waals surface area contributed by atoms with E-state index in [-0.39, 0.29) is 11.9 Å². The van der Waals surface area contributed by atoms with Gasteiger partial charge in [0.05, 0.1) is 18.4 Å². The van der Waals surface area contributed by atoms with Gasteiger partial charge in [-0.1, -0.05) is 0 Å². The summed E-state index contributed by atoms with van der Waals surface area (Å²) in [5.41, 5.74) is 0.881. The van der Waals surface area contributed by atoms with E-state index >= 15 is 0 Å². The first-order chi connectivity index (χ1) is 8.70. The van der Waals surface area contributed by atoms with Crippen LogP contribution in [0.5, 0.6) is 0 Å². The molecule has 0 radical (unpaired) electrons. The molecule has 1 aromatic rings. The van der Waals surface area contributed by atoms with Crippen LogP contribution in [0.15, 0.2) is 18.2 Å². The Hall–Kier alpha value is -1.62. The van der Waals surface area contributed by atoms with Crippen LogP contribution in [0, 0.1) is 5.82 Å². The van der Waals surface area contributed by atoms with E-state index in [2.05, 4.69) is 10.6 Å². The van der Waals surface area contributed by atoms with E-state index in [0.717, 1.165) is 25.9 Å². The molecule has 1 aromatic carbocycles. The van der Waals surface area contributed by atoms with Crippen LogP contribution in [0.1, 0.15) is 23.2 Å². The van der Waals surface area contributed by atoms with Gasteiger partial charge in [0.1, 0.15) is 5.82 Å². The van der Waals surface area contributed by atoms with Crippen molar-refractivity contribution in [3.63, 3.8) is 0 Å². The maximum atomic E-state index is 13.3. The molecule has 0 aliphatic carbocycles. The van der Waals surface area contributed by atoms with Gasteiger partial charge in [0.25, 0.3) is 0 Å². The lowest BCUT2D eigenvalue weighted by Gasteiger charge is -2.25. The van der Waals surface area contributed by atoms with Gasteiger partial charge < -0.3 is 15.4 Å². The zero-order valence-electron chi connectivity index (χ0n) is 10.3. The van der Waals surface area contributed by atoms with E-state index in [9.17, 15) is 9.18 Å². The van der Waals surface area contributed by atoms with Crippen LogP contribution < -0.4 is 10.6 Å². The van der Waals surface area contributed by atoms with Gasteiger partial charge in [-0.15, -0.1) is 0 Å². The first-order valence-electron chi connectivity index (χ1n) is 6.06. The molecule has 0 aromatic heterocycles. The highest BCUT2D eigenvalue weighted by Crippen LogP contribution is 2.21. The Labute approximate surface area is 106 Å². The fourth-order valence-corrected chi connectivity index (χ4v) is 2.11. The predicted molar refractivity (Wildman–Crippen MR) is 67.3 cm³/mol. The van der Waals surface area contributed by atoms with E-state index in [0.29, 0.717) is 11.3 Å². The molecule has 1 fully saturated rings. The number of halogens is 1. The SMILES string of the molecule is COC(=O)c1ccc(F)cc1NC1CCNCC1. The van der Waals surface area contributed by atoms with Crippen LogP contribution in [0.4, 0.5) is 10.1 Å². The zero-order chi connectivity index (χ0) is 13.0. The summed E-state index contributed by atoms with van der Waals surface area (Å²) in [5.74, 6) is -0.814. The molecule has 2 rings (SSSR count). The van der Waals surface area contributed by atoms with Gasteiger partial charge >= 0.3 is 5.97 Å². The second-order valence-electron chi connectivity index (χ2n) is 4.35. The third-order valence-corrected chi connectivity index (χ3v) is 3.09. The van der Waals surface area contributed by atoms with Gasteiger partial charge in [-0.05, 0) is 44.1 Å². The number of rotatable bonds is 3. The van der Waals surface area contributed by atoms with Gasteiger partial charge in [0.15, 0.2) is 0 Å². The zero-order valence-corrected chi connectivity index (χ0v) is 10.3. The number of nitrogens with one attached hydrogen (secondary N) is 2. The molecular weight excluding hydrogens is 235 g/mol. The van der Waals surface area contributed by atoms with E-state index < -0.39 is 5.97 Å². The molecule has 0 spiro atoms. The third kappa shape index (κ3) is 2.98. The topological polar surface area (TPSA) is 50.4 Å². The van der Waals surface area contributed by atoms with Crippen molar-refractivity contribution in [2.24, 2.45) is 0 Å². The Morgan fingerprint density at radius 3 is 2.83 bits per heavy atom. The lowest BCUT2D eigenvalue weighted by Crippen LogP contribution is -2.35. The summed E-state index contributed by atoms with van der Waals surface area (Å²) in [7, 11) is 1.32. The molecule has 1 heterocycles. The average molecular weight is 252 g/mol. The van der Waals surface area contributed by atoms with Crippen molar-refractivity contribution in [1.29, 1.82) is 0 Å². The Kier molecular flexibility index (Phi) is 4.15. The van der Waals surface area contributed by atoms with Crippen LogP contribution in [0.25, 0.3) is 0 Å². The molecule has 5 heteroatoms. The average Bonchev–Trinajstić information content (AvgIpc) is 2.39. The summed E-state index contributed by atoms with van der Waals surface area (Å²) in [4.78, 5) is 11.6. The molecule has 1 aliphatic heterocycles. The predicted octanol–water partition coefficient (Wildman–Crippen LogP) is 1.78. The number of anilines is 1. The summed E-state index contributed by atoms with van der Waals surface area (Å²) in [5, 5.41) is 6.48. The molecule has 0 unspecified atom stereocenters. The fraction of sp³-hybridized carbons (Fsp3) is 0.462. The van der Waals surface area contributed by atoms with Gasteiger partial charge in [-0.25, -0.2) is 9.18 Å². The van der Waals surface area contributed by atoms with Crippen molar-refractivity contribution in [2.45, 2.75) is 18.9 Å². The number of hydrogen-bond acceptors (Lipinski definition) is 4. The Morgan fingerprint density at radius 2 is 2.17 bits per heavy atom. The van der Waals surface area contributed by atoms with Gasteiger partial charge in [-0.3, -0.25) is 0 Å². The summed E-state index contributed by atoms with van der Waals surface area (Å²) in [6, 6.07) is 4.31. The summed E-state index contributed by atoms with van der Waals surface area (Å²) < 4.78 is 18.0. The highest BCUT2D eigenvalue weighted by Gasteiger charge is 2.17. The number of piperidine rings is 1. The molecule has 18 heavy (non-hydrogen) atoms. The minimum atomic E-state index is -0.452. The van der Waals surface area contributed by atoms with Gasteiger partial charge in [0, 0.05) is 6.04 Å². The summed E-state index contributed by atoms with van der Waals surface area (Å²) in [6.45, 7) is 1.86. The first kappa shape index (κ1) is 12.8. The number of esters is 1. The van der Waals surface area contributed by atoms with E-state index in [1.807, 2.05) is 0 Å². The highest BCUT2D eigenvalue weighted by molar-refractivity contribution is 5.95. The van der Waals surface area contributed by atoms with E-state index in [1.54, 1.807) is 0 Å². The molecular formula is C13H17FN2O2. The lowest BCUT2D eigenvalue weighted by molar-refractivity contribution is 0.0601. The smallest absolute Gasteiger partial charge is 0.339 e. The van der Waals surface area contributed by atoms with Crippen molar-refractivity contribution in [2.75, 3.05) is 25.5 Å². The molecule has 1 aliphatic rings. The molecule has 0 bridgehead atoms. The molecule has 0 atom stereocenters. The number of ether oxygens (including phenoxy) is 1. The second-order valence-corrected chi connectivity index (χ2v) is 4.35. The van der Waals surface area contributed by atoms with Crippen molar-refractivity contribution >= 4 is 11.7 Å². The van der Waals surface area contributed by atoms with Crippen molar-refractivity contribution in [1.82, 2.24) is 5.32 Å². The first-order valence-corrected chi connectivity index (χ1v) is 6.06. The van der Waals surface area contributed by atoms with E-state index in [4.69, 9.17) is 4.74 Å². The molecule has 98 valence electrons. The molecule has 0 amide bonds. The number of hydrogen-bond donors (Lipinski definition) is 2. The normalized spacial score (nSPS) is 16.3. The minimum Gasteiger partial charge on any atom is -0.465 e. The van der Waals surface area contributed by atoms with Crippen molar-refractivity contribution < 1.29 is 13.9 Å². The quantitative estimate of drug-likeness (QED) is 0.805. The van der Waals surface area contributed by atoms with E-state index in [1.165, 1.54) is 25.3 Å². The van der Waals surface area contributed by atoms with Gasteiger partial charge in [0.2, 0.25) is 0 Å². The van der Waals surface area contributed by atoms with Crippen LogP contribution in [0.3, 0.4) is 0 Å². The second kappa shape index (κ2) is 5.82. The maximum absolute atomic E-state index is 13.3. The maximum Gasteiger partial charge on any atom is 0.339 e. The number of carbonyl (C=O) groups is 1. The molecule has 0 saturated carbocycles. The van der Waals surface area contributed by atoms with Crippen LogP contribution >= 0.6 is 0 Å². The molecule has 4 nitrogen and oxygen atoms in total. The summed E-state index contributed by atoms with van der Waals surface area (Å²) in [6.07, 6.45) is 1.91. The standard InChI is InChI=1S/C13H17FN2O2/c1-18-13(17)11-3-2-9(14)8-12(11)16-10-4-6-15-7-5-10/h2-3,8,10,15-16H,4-7H2,1H3. The Morgan fingerprint density at radius 1 is 1.44 bits per heavy atom. The Bertz CT molecular complexity index is 431. The van der Waals surface area contributed by atoms with Crippen molar-refractivity contribution in [3.05, 3.63) is 29.6 Å². The fourth-order valence-electron chi connectivity index (χ4n) is 2.11.